The van der Waals surface area contributed by atoms with Crippen LogP contribution in [-0.4, -0.2) is 18.5 Å². The lowest BCUT2D eigenvalue weighted by Crippen LogP contribution is -2.28. The number of ether oxygens (including phenoxy) is 1. The SMILES string of the molecule is C[n+]1cccc(C(N)=O)c1.O=C([O-])COc1ccc(Cl)cc1Cl. The molecule has 0 saturated carbocycles. The van der Waals surface area contributed by atoms with Gasteiger partial charge in [0.05, 0.1) is 11.0 Å². The zero-order chi connectivity index (χ0) is 17.4. The van der Waals surface area contributed by atoms with Crippen molar-refractivity contribution < 1.29 is 24.0 Å². The Kier molecular flexibility index (Phi) is 7.31. The van der Waals surface area contributed by atoms with Crippen molar-refractivity contribution in [1.29, 1.82) is 0 Å². The Labute approximate surface area is 143 Å². The molecule has 2 aromatic rings. The summed E-state index contributed by atoms with van der Waals surface area (Å²) in [7, 11) is 1.84. The quantitative estimate of drug-likeness (QED) is 0.816. The molecule has 1 heterocycles. The van der Waals surface area contributed by atoms with Gasteiger partial charge in [-0.1, -0.05) is 23.2 Å². The number of aryl methyl sites for hydroxylation is 1. The van der Waals surface area contributed by atoms with Crippen molar-refractivity contribution >= 4 is 35.1 Å². The van der Waals surface area contributed by atoms with Crippen LogP contribution in [0.3, 0.4) is 0 Å². The fourth-order valence-corrected chi connectivity index (χ4v) is 1.93. The molecule has 23 heavy (non-hydrogen) atoms. The number of carboxylic acid groups (broad SMARTS) is 1. The van der Waals surface area contributed by atoms with E-state index < -0.39 is 18.5 Å². The second-order valence-corrected chi connectivity index (χ2v) is 5.20. The third-order valence-electron chi connectivity index (χ3n) is 2.46. The Balaban J connectivity index is 0.000000238. The number of amides is 1. The number of pyridine rings is 1. The van der Waals surface area contributed by atoms with Crippen LogP contribution < -0.4 is 20.1 Å². The van der Waals surface area contributed by atoms with E-state index in [4.69, 9.17) is 33.7 Å². The molecule has 1 amide bonds. The highest BCUT2D eigenvalue weighted by molar-refractivity contribution is 6.35. The number of aliphatic carboxylic acids is 1. The van der Waals surface area contributed by atoms with E-state index in [1.807, 2.05) is 13.2 Å². The summed E-state index contributed by atoms with van der Waals surface area (Å²) in [5.41, 5.74) is 5.56. The van der Waals surface area contributed by atoms with Gasteiger partial charge in [-0.25, -0.2) is 4.57 Å². The highest BCUT2D eigenvalue weighted by Gasteiger charge is 2.02. The summed E-state index contributed by atoms with van der Waals surface area (Å²) in [6, 6.07) is 7.97. The Bertz CT molecular complexity index is 708. The van der Waals surface area contributed by atoms with Crippen LogP contribution in [0.4, 0.5) is 0 Å². The Hall–Kier alpha value is -2.31. The lowest BCUT2D eigenvalue weighted by Gasteiger charge is -2.07. The fraction of sp³-hybridized carbons (Fsp3) is 0.133. The molecule has 0 atom stereocenters. The monoisotopic (exact) mass is 356 g/mol. The number of rotatable bonds is 4. The number of halogens is 2. The molecule has 8 heteroatoms. The molecule has 1 aromatic heterocycles. The topological polar surface area (TPSA) is 96.3 Å². The predicted molar refractivity (Wildman–Crippen MR) is 83.1 cm³/mol. The zero-order valence-corrected chi connectivity index (χ0v) is 13.7. The van der Waals surface area contributed by atoms with E-state index in [0.29, 0.717) is 10.6 Å². The van der Waals surface area contributed by atoms with Gasteiger partial charge in [0.1, 0.15) is 25.0 Å². The standard InChI is InChI=1S/C8H6Cl2O3.C7H8N2O/c9-5-1-2-7(6(10)3-5)13-4-8(11)12;1-9-4-2-3-6(5-9)7(8)10/h1-3H,4H2,(H,11,12);2-5H,1H3,(H-,8,10). The van der Waals surface area contributed by atoms with Crippen LogP contribution in [0.25, 0.3) is 0 Å². The van der Waals surface area contributed by atoms with Gasteiger partial charge in [0.15, 0.2) is 12.4 Å². The van der Waals surface area contributed by atoms with Crippen molar-refractivity contribution in [3.63, 3.8) is 0 Å². The predicted octanol–water partition coefficient (Wildman–Crippen LogP) is 0.732. The van der Waals surface area contributed by atoms with Crippen molar-refractivity contribution in [2.75, 3.05) is 6.61 Å². The first-order valence-corrected chi connectivity index (χ1v) is 7.08. The number of hydrogen-bond donors (Lipinski definition) is 1. The number of primary amides is 1. The Morgan fingerprint density at radius 1 is 1.30 bits per heavy atom. The van der Waals surface area contributed by atoms with Crippen molar-refractivity contribution in [3.8, 4) is 5.75 Å². The Morgan fingerprint density at radius 3 is 2.48 bits per heavy atom. The maximum absolute atomic E-state index is 10.6. The number of carbonyl (C=O) groups is 2. The molecule has 0 aliphatic rings. The van der Waals surface area contributed by atoms with E-state index in [0.717, 1.165) is 0 Å². The smallest absolute Gasteiger partial charge is 0.254 e. The number of benzene rings is 1. The number of carboxylic acids is 1. The first kappa shape index (κ1) is 18.7. The maximum Gasteiger partial charge on any atom is 0.254 e. The normalized spacial score (nSPS) is 9.52. The van der Waals surface area contributed by atoms with Gasteiger partial charge in [-0.05, 0) is 24.3 Å². The molecule has 0 bridgehead atoms. The van der Waals surface area contributed by atoms with Crippen LogP contribution >= 0.6 is 23.2 Å². The molecule has 0 spiro atoms. The van der Waals surface area contributed by atoms with Gasteiger partial charge in [-0.15, -0.1) is 0 Å². The first-order valence-electron chi connectivity index (χ1n) is 6.32. The third-order valence-corrected chi connectivity index (χ3v) is 2.99. The van der Waals surface area contributed by atoms with Crippen LogP contribution in [0.2, 0.25) is 10.0 Å². The van der Waals surface area contributed by atoms with Crippen LogP contribution in [0, 0.1) is 0 Å². The van der Waals surface area contributed by atoms with Crippen LogP contribution in [0.1, 0.15) is 10.4 Å². The average molecular weight is 357 g/mol. The van der Waals surface area contributed by atoms with E-state index in [9.17, 15) is 14.7 Å². The number of carbonyl (C=O) groups excluding carboxylic acids is 2. The molecule has 0 fully saturated rings. The molecule has 2 N–H and O–H groups in total. The first-order chi connectivity index (χ1) is 10.8. The summed E-state index contributed by atoms with van der Waals surface area (Å²) < 4.78 is 6.58. The van der Waals surface area contributed by atoms with Gasteiger partial charge in [-0.2, -0.15) is 0 Å². The minimum absolute atomic E-state index is 0.272. The highest BCUT2D eigenvalue weighted by Crippen LogP contribution is 2.27. The molecule has 122 valence electrons. The van der Waals surface area contributed by atoms with Gasteiger partial charge >= 0.3 is 0 Å². The molecule has 0 radical (unpaired) electrons. The second-order valence-electron chi connectivity index (χ2n) is 4.36. The van der Waals surface area contributed by atoms with Gasteiger partial charge in [0, 0.05) is 11.1 Å². The largest absolute Gasteiger partial charge is 0.546 e. The molecule has 0 aliphatic heterocycles. The summed E-state index contributed by atoms with van der Waals surface area (Å²) in [5, 5.41) is 10.8. The minimum Gasteiger partial charge on any atom is -0.546 e. The lowest BCUT2D eigenvalue weighted by atomic mass is 10.3. The van der Waals surface area contributed by atoms with Gasteiger partial charge in [-0.3, -0.25) is 4.79 Å². The van der Waals surface area contributed by atoms with Gasteiger partial charge in [0.2, 0.25) is 0 Å². The average Bonchev–Trinajstić information content (AvgIpc) is 2.47. The molecule has 2 rings (SSSR count). The third kappa shape index (κ3) is 6.99. The summed E-state index contributed by atoms with van der Waals surface area (Å²) >= 11 is 11.3. The van der Waals surface area contributed by atoms with Gasteiger partial charge < -0.3 is 20.4 Å². The second kappa shape index (κ2) is 8.97. The summed E-state index contributed by atoms with van der Waals surface area (Å²) in [6.45, 7) is -0.526. The molecule has 6 nitrogen and oxygen atoms in total. The van der Waals surface area contributed by atoms with Crippen molar-refractivity contribution in [2.24, 2.45) is 12.8 Å². The van der Waals surface area contributed by atoms with Crippen LogP contribution in [0.15, 0.2) is 42.7 Å². The molecular formula is C15H14Cl2N2O4. The number of aromatic nitrogens is 1. The summed E-state index contributed by atoms with van der Waals surface area (Å²) in [5.74, 6) is -1.42. The minimum atomic E-state index is -1.30. The summed E-state index contributed by atoms with van der Waals surface area (Å²) in [6.07, 6.45) is 3.52. The molecule has 0 aliphatic carbocycles. The van der Waals surface area contributed by atoms with E-state index >= 15 is 0 Å². The summed E-state index contributed by atoms with van der Waals surface area (Å²) in [4.78, 5) is 20.6. The molecule has 1 aromatic carbocycles. The van der Waals surface area contributed by atoms with E-state index in [1.165, 1.54) is 12.1 Å². The zero-order valence-electron chi connectivity index (χ0n) is 12.2. The van der Waals surface area contributed by atoms with E-state index in [2.05, 4.69) is 0 Å². The fourth-order valence-electron chi connectivity index (χ4n) is 1.46. The number of nitrogens with zero attached hydrogens (tertiary/aromatic N) is 1. The number of nitrogens with two attached hydrogens (primary N) is 1. The lowest BCUT2D eigenvalue weighted by molar-refractivity contribution is -0.671. The van der Waals surface area contributed by atoms with E-state index in [-0.39, 0.29) is 10.8 Å². The number of hydrogen-bond acceptors (Lipinski definition) is 4. The maximum atomic E-state index is 10.6. The molecule has 0 unspecified atom stereocenters. The van der Waals surface area contributed by atoms with Crippen LogP contribution in [-0.2, 0) is 11.8 Å². The highest BCUT2D eigenvalue weighted by atomic mass is 35.5. The van der Waals surface area contributed by atoms with Crippen molar-refractivity contribution in [1.82, 2.24) is 0 Å². The molecule has 0 saturated heterocycles. The van der Waals surface area contributed by atoms with Crippen molar-refractivity contribution in [2.45, 2.75) is 0 Å². The van der Waals surface area contributed by atoms with Crippen LogP contribution in [0.5, 0.6) is 5.75 Å². The Morgan fingerprint density at radius 2 is 2.00 bits per heavy atom. The van der Waals surface area contributed by atoms with E-state index in [1.54, 1.807) is 29.0 Å². The van der Waals surface area contributed by atoms with Gasteiger partial charge in [0.25, 0.3) is 5.91 Å². The van der Waals surface area contributed by atoms with Crippen molar-refractivity contribution in [3.05, 3.63) is 58.3 Å². The molecular weight excluding hydrogens is 343 g/mol.